The zero-order chi connectivity index (χ0) is 13.9. The number of pyridine rings is 1. The van der Waals surface area contributed by atoms with Crippen LogP contribution >= 0.6 is 0 Å². The summed E-state index contributed by atoms with van der Waals surface area (Å²) in [5, 5.41) is 14.4. The second-order valence-corrected chi connectivity index (χ2v) is 3.97. The molecule has 0 amide bonds. The lowest BCUT2D eigenvalue weighted by Crippen LogP contribution is -1.87. The van der Waals surface area contributed by atoms with Crippen molar-refractivity contribution in [3.05, 3.63) is 58.9 Å². The van der Waals surface area contributed by atoms with Crippen LogP contribution in [0.3, 0.4) is 0 Å². The molecule has 20 heavy (non-hydrogen) atoms. The Balaban J connectivity index is 1.92. The minimum absolute atomic E-state index is 0.0183. The molecule has 0 atom stereocenters. The summed E-state index contributed by atoms with van der Waals surface area (Å²) >= 11 is 0. The van der Waals surface area contributed by atoms with Crippen LogP contribution in [0.25, 0.3) is 22.8 Å². The fourth-order valence-electron chi connectivity index (χ4n) is 1.68. The second-order valence-electron chi connectivity index (χ2n) is 3.97. The minimum Gasteiger partial charge on any atom is -0.334 e. The van der Waals surface area contributed by atoms with Crippen molar-refractivity contribution in [3.63, 3.8) is 0 Å². The fraction of sp³-hybridized carbons (Fsp3) is 0. The zero-order valence-electron chi connectivity index (χ0n) is 10.1. The lowest BCUT2D eigenvalue weighted by atomic mass is 10.2. The molecule has 0 saturated carbocycles. The Kier molecular flexibility index (Phi) is 2.92. The molecular formula is C13H8N4O3. The van der Waals surface area contributed by atoms with E-state index in [9.17, 15) is 10.1 Å². The van der Waals surface area contributed by atoms with E-state index in [2.05, 4.69) is 15.1 Å². The van der Waals surface area contributed by atoms with Crippen molar-refractivity contribution in [1.82, 2.24) is 15.1 Å². The molecule has 3 rings (SSSR count). The number of aromatic nitrogens is 3. The molecule has 0 unspecified atom stereocenters. The van der Waals surface area contributed by atoms with Gasteiger partial charge in [-0.05, 0) is 24.3 Å². The predicted octanol–water partition coefficient (Wildman–Crippen LogP) is 2.71. The van der Waals surface area contributed by atoms with Crippen molar-refractivity contribution in [2.45, 2.75) is 0 Å². The third-order valence-corrected chi connectivity index (χ3v) is 2.67. The van der Waals surface area contributed by atoms with Crippen LogP contribution in [0.5, 0.6) is 0 Å². The average molecular weight is 268 g/mol. The third kappa shape index (κ3) is 2.24. The van der Waals surface area contributed by atoms with Crippen molar-refractivity contribution in [1.29, 1.82) is 0 Å². The van der Waals surface area contributed by atoms with Crippen LogP contribution in [0.2, 0.25) is 0 Å². The van der Waals surface area contributed by atoms with Gasteiger partial charge < -0.3 is 4.52 Å². The molecule has 2 heterocycles. The first-order chi connectivity index (χ1) is 9.74. The van der Waals surface area contributed by atoms with E-state index in [4.69, 9.17) is 4.52 Å². The number of nitro benzene ring substituents is 1. The summed E-state index contributed by atoms with van der Waals surface area (Å²) in [6.45, 7) is 0. The van der Waals surface area contributed by atoms with Gasteiger partial charge in [-0.3, -0.25) is 15.1 Å². The van der Waals surface area contributed by atoms with Crippen LogP contribution in [-0.4, -0.2) is 20.0 Å². The quantitative estimate of drug-likeness (QED) is 0.535. The summed E-state index contributed by atoms with van der Waals surface area (Å²) in [7, 11) is 0. The standard InChI is InChI=1S/C13H8N4O3/c18-17(19)11-5-3-9(4-6-11)12-15-13(20-16-12)10-2-1-7-14-8-10/h1-8H. The molecule has 0 radical (unpaired) electrons. The van der Waals surface area contributed by atoms with E-state index in [1.165, 1.54) is 12.1 Å². The third-order valence-electron chi connectivity index (χ3n) is 2.67. The smallest absolute Gasteiger partial charge is 0.269 e. The van der Waals surface area contributed by atoms with Crippen LogP contribution in [0, 0.1) is 10.1 Å². The molecule has 0 spiro atoms. The molecule has 0 saturated heterocycles. The van der Waals surface area contributed by atoms with Crippen molar-refractivity contribution in [2.24, 2.45) is 0 Å². The monoisotopic (exact) mass is 268 g/mol. The molecule has 0 aliphatic rings. The maximum Gasteiger partial charge on any atom is 0.269 e. The Hall–Kier alpha value is -3.09. The maximum absolute atomic E-state index is 10.6. The Labute approximate surface area is 113 Å². The van der Waals surface area contributed by atoms with E-state index in [0.717, 1.165) is 0 Å². The van der Waals surface area contributed by atoms with Gasteiger partial charge in [-0.2, -0.15) is 4.98 Å². The van der Waals surface area contributed by atoms with E-state index in [0.29, 0.717) is 22.8 Å². The van der Waals surface area contributed by atoms with E-state index in [-0.39, 0.29) is 5.69 Å². The van der Waals surface area contributed by atoms with Crippen molar-refractivity contribution in [3.8, 4) is 22.8 Å². The maximum atomic E-state index is 10.6. The van der Waals surface area contributed by atoms with Crippen molar-refractivity contribution in [2.75, 3.05) is 0 Å². The fourth-order valence-corrected chi connectivity index (χ4v) is 1.68. The van der Waals surface area contributed by atoms with E-state index in [1.54, 1.807) is 36.7 Å². The van der Waals surface area contributed by atoms with Gasteiger partial charge in [0, 0.05) is 30.1 Å². The summed E-state index contributed by atoms with van der Waals surface area (Å²) in [5.41, 5.74) is 1.38. The summed E-state index contributed by atoms with van der Waals surface area (Å²) in [4.78, 5) is 18.3. The van der Waals surface area contributed by atoms with E-state index >= 15 is 0 Å². The lowest BCUT2D eigenvalue weighted by Gasteiger charge is -1.93. The molecule has 0 N–H and O–H groups in total. The zero-order valence-corrected chi connectivity index (χ0v) is 10.1. The van der Waals surface area contributed by atoms with Crippen LogP contribution in [0.1, 0.15) is 0 Å². The molecule has 7 heteroatoms. The van der Waals surface area contributed by atoms with E-state index in [1.807, 2.05) is 0 Å². The SMILES string of the molecule is O=[N+]([O-])c1ccc(-c2noc(-c3cccnc3)n2)cc1. The highest BCUT2D eigenvalue weighted by atomic mass is 16.6. The molecular weight excluding hydrogens is 260 g/mol. The lowest BCUT2D eigenvalue weighted by molar-refractivity contribution is -0.384. The van der Waals surface area contributed by atoms with Gasteiger partial charge in [-0.15, -0.1) is 0 Å². The Bertz CT molecular complexity index is 738. The average Bonchev–Trinajstić information content (AvgIpc) is 2.98. The molecule has 0 aliphatic heterocycles. The van der Waals surface area contributed by atoms with Gasteiger partial charge in [0.15, 0.2) is 0 Å². The van der Waals surface area contributed by atoms with Gasteiger partial charge >= 0.3 is 0 Å². The number of nitrogens with zero attached hydrogens (tertiary/aromatic N) is 4. The van der Waals surface area contributed by atoms with Crippen molar-refractivity contribution < 1.29 is 9.45 Å². The molecule has 1 aromatic carbocycles. The molecule has 0 bridgehead atoms. The summed E-state index contributed by atoms with van der Waals surface area (Å²) in [5.74, 6) is 0.727. The first-order valence-electron chi connectivity index (χ1n) is 5.73. The molecule has 0 aliphatic carbocycles. The minimum atomic E-state index is -0.457. The number of hydrogen-bond acceptors (Lipinski definition) is 6. The van der Waals surface area contributed by atoms with Gasteiger partial charge in [0.25, 0.3) is 11.6 Å². The molecule has 2 aromatic heterocycles. The predicted molar refractivity (Wildman–Crippen MR) is 69.6 cm³/mol. The number of hydrogen-bond donors (Lipinski definition) is 0. The first kappa shape index (κ1) is 12.0. The van der Waals surface area contributed by atoms with Crippen LogP contribution < -0.4 is 0 Å². The van der Waals surface area contributed by atoms with Gasteiger partial charge in [0.2, 0.25) is 5.82 Å². The molecule has 0 fully saturated rings. The number of benzene rings is 1. The van der Waals surface area contributed by atoms with Gasteiger partial charge in [0.05, 0.1) is 10.5 Å². The van der Waals surface area contributed by atoms with E-state index < -0.39 is 4.92 Å². The highest BCUT2D eigenvalue weighted by Crippen LogP contribution is 2.23. The topological polar surface area (TPSA) is 95.0 Å². The van der Waals surface area contributed by atoms with Crippen LogP contribution in [0.15, 0.2) is 53.3 Å². The van der Waals surface area contributed by atoms with Crippen molar-refractivity contribution >= 4 is 5.69 Å². The Morgan fingerprint density at radius 1 is 1.10 bits per heavy atom. The number of non-ortho nitro benzene ring substituents is 1. The highest BCUT2D eigenvalue weighted by molar-refractivity contribution is 5.60. The van der Waals surface area contributed by atoms with Crippen LogP contribution in [-0.2, 0) is 0 Å². The largest absolute Gasteiger partial charge is 0.334 e. The number of nitro groups is 1. The summed E-state index contributed by atoms with van der Waals surface area (Å²) in [6, 6.07) is 9.53. The van der Waals surface area contributed by atoms with Gasteiger partial charge in [-0.1, -0.05) is 5.16 Å². The normalized spacial score (nSPS) is 10.4. The second kappa shape index (κ2) is 4.88. The first-order valence-corrected chi connectivity index (χ1v) is 5.73. The Morgan fingerprint density at radius 2 is 1.90 bits per heavy atom. The van der Waals surface area contributed by atoms with Gasteiger partial charge in [-0.25, -0.2) is 0 Å². The number of rotatable bonds is 3. The van der Waals surface area contributed by atoms with Crippen LogP contribution in [0.4, 0.5) is 5.69 Å². The molecule has 7 nitrogen and oxygen atoms in total. The molecule has 98 valence electrons. The molecule has 3 aromatic rings. The summed E-state index contributed by atoms with van der Waals surface area (Å²) in [6.07, 6.45) is 3.27. The highest BCUT2D eigenvalue weighted by Gasteiger charge is 2.12. The Morgan fingerprint density at radius 3 is 2.55 bits per heavy atom. The summed E-state index contributed by atoms with van der Waals surface area (Å²) < 4.78 is 5.15. The van der Waals surface area contributed by atoms with Gasteiger partial charge in [0.1, 0.15) is 0 Å².